The third-order valence-corrected chi connectivity index (χ3v) is 11.2. The second-order valence-corrected chi connectivity index (χ2v) is 15.5. The van der Waals surface area contributed by atoms with E-state index in [1.165, 1.54) is 6.92 Å². The normalized spacial score (nSPS) is 20.7. The molecule has 6 aromatic rings. The van der Waals surface area contributed by atoms with Crippen LogP contribution >= 0.6 is 0 Å². The van der Waals surface area contributed by atoms with E-state index in [1.807, 2.05) is 140 Å². The average Bonchev–Trinajstić information content (AvgIpc) is 3.31. The van der Waals surface area contributed by atoms with Gasteiger partial charge in [0.2, 0.25) is 0 Å². The van der Waals surface area contributed by atoms with Gasteiger partial charge >= 0.3 is 5.97 Å². The van der Waals surface area contributed by atoms with Crippen LogP contribution in [0.25, 0.3) is 0 Å². The molecule has 1 unspecified atom stereocenters. The summed E-state index contributed by atoms with van der Waals surface area (Å²) in [6.07, 6.45) is -2.92. The second kappa shape index (κ2) is 20.7. The van der Waals surface area contributed by atoms with E-state index in [0.29, 0.717) is 54.4 Å². The Morgan fingerprint density at radius 1 is 0.661 bits per heavy atom. The maximum absolute atomic E-state index is 12.5. The third kappa shape index (κ3) is 10.5. The van der Waals surface area contributed by atoms with Gasteiger partial charge in [0.15, 0.2) is 0 Å². The molecule has 2 aliphatic rings. The highest BCUT2D eigenvalue weighted by Crippen LogP contribution is 2.51. The summed E-state index contributed by atoms with van der Waals surface area (Å²) in [6, 6.07) is 49.0. The molecule has 10 nitrogen and oxygen atoms in total. The van der Waals surface area contributed by atoms with Gasteiger partial charge in [-0.15, -0.1) is 0 Å². The Hall–Kier alpha value is -6.01. The molecule has 0 radical (unpaired) electrons. The molecule has 0 aliphatic carbocycles. The highest BCUT2D eigenvalue weighted by molar-refractivity contribution is 5.69. The molecule has 320 valence electrons. The number of phenols is 1. The fraction of sp³-hybridized carbons (Fsp3) is 0.288. The molecule has 2 aliphatic heterocycles. The number of ether oxygens (including phenoxy) is 8. The standard InChI is InChI=1S/C52H52O10/c1-35(53)60-41-25-23-40(24-26-41)43-28-27-42-44(61-43)29-45(55-2)47(48(42)54)50-52(59-33-39-21-13-6-14-22-39)51(58-32-38-19-11-5-12-20-38)49(57-31-37-17-9-4-10-18-37)46(62-50)34-56-30-36-15-7-3-8-16-36/h3-26,29,43,46,49-52,54H,27-28,30-34H2,1-2H3/t43?,46-,49-,50+,51+,52+/m1/s1. The lowest BCUT2D eigenvalue weighted by molar-refractivity contribution is -0.275. The molecule has 1 N–H and O–H groups in total. The summed E-state index contributed by atoms with van der Waals surface area (Å²) in [5.74, 6) is 0.963. The topological polar surface area (TPSA) is 111 Å². The molecular weight excluding hydrogens is 785 g/mol. The summed E-state index contributed by atoms with van der Waals surface area (Å²) in [4.78, 5) is 11.5. The van der Waals surface area contributed by atoms with E-state index in [1.54, 1.807) is 19.2 Å². The van der Waals surface area contributed by atoms with Crippen LogP contribution in [0.4, 0.5) is 0 Å². The quantitative estimate of drug-likeness (QED) is 0.0704. The van der Waals surface area contributed by atoms with Crippen LogP contribution in [0.5, 0.6) is 23.0 Å². The third-order valence-electron chi connectivity index (χ3n) is 11.2. The molecule has 1 fully saturated rings. The van der Waals surface area contributed by atoms with Gasteiger partial charge < -0.3 is 43.0 Å². The first-order valence-electron chi connectivity index (χ1n) is 21.0. The van der Waals surface area contributed by atoms with Gasteiger partial charge in [-0.1, -0.05) is 133 Å². The first-order chi connectivity index (χ1) is 30.4. The van der Waals surface area contributed by atoms with Crippen molar-refractivity contribution >= 4 is 5.97 Å². The Labute approximate surface area is 362 Å². The van der Waals surface area contributed by atoms with E-state index in [0.717, 1.165) is 27.8 Å². The van der Waals surface area contributed by atoms with Crippen molar-refractivity contribution in [2.45, 2.75) is 82.8 Å². The van der Waals surface area contributed by atoms with E-state index in [4.69, 9.17) is 37.9 Å². The average molecular weight is 837 g/mol. The van der Waals surface area contributed by atoms with Gasteiger partial charge in [0, 0.05) is 18.6 Å². The monoisotopic (exact) mass is 836 g/mol. The molecule has 1 saturated heterocycles. The van der Waals surface area contributed by atoms with Crippen LogP contribution in [0, 0.1) is 0 Å². The minimum atomic E-state index is -0.895. The molecular formula is C52H52O10. The molecule has 8 rings (SSSR count). The van der Waals surface area contributed by atoms with Gasteiger partial charge in [-0.05, 0) is 52.8 Å². The van der Waals surface area contributed by atoms with Crippen LogP contribution in [0.1, 0.15) is 64.5 Å². The zero-order valence-corrected chi connectivity index (χ0v) is 35.0. The zero-order chi connectivity index (χ0) is 42.7. The van der Waals surface area contributed by atoms with Crippen LogP contribution in [0.2, 0.25) is 0 Å². The first kappa shape index (κ1) is 42.7. The minimum absolute atomic E-state index is 0.00994. The number of methoxy groups -OCH3 is 1. The summed E-state index contributed by atoms with van der Waals surface area (Å²) in [5, 5.41) is 12.5. The fourth-order valence-electron chi connectivity index (χ4n) is 8.13. The van der Waals surface area contributed by atoms with Crippen molar-refractivity contribution in [3.05, 3.63) is 191 Å². The number of aromatic hydroxyl groups is 1. The van der Waals surface area contributed by atoms with E-state index in [9.17, 15) is 9.90 Å². The summed E-state index contributed by atoms with van der Waals surface area (Å²) >= 11 is 0. The number of rotatable bonds is 17. The SMILES string of the molecule is COc1cc2c(c(O)c1[C@@H]1O[C@H](COCc3ccccc3)[C@@H](OCc3ccccc3)[C@H](OCc3ccccc3)[C@H]1OCc1ccccc1)CCC(c1ccc(OC(C)=O)cc1)O2. The van der Waals surface area contributed by atoms with Crippen molar-refractivity contribution in [3.63, 3.8) is 0 Å². The van der Waals surface area contributed by atoms with Crippen LogP contribution in [0.15, 0.2) is 152 Å². The van der Waals surface area contributed by atoms with Gasteiger partial charge in [0.1, 0.15) is 59.6 Å². The van der Waals surface area contributed by atoms with Crippen molar-refractivity contribution in [1.82, 2.24) is 0 Å². The Kier molecular flexibility index (Phi) is 14.2. The molecule has 6 atom stereocenters. The van der Waals surface area contributed by atoms with Crippen molar-refractivity contribution in [1.29, 1.82) is 0 Å². The maximum Gasteiger partial charge on any atom is 0.308 e. The van der Waals surface area contributed by atoms with Gasteiger partial charge in [-0.2, -0.15) is 0 Å². The van der Waals surface area contributed by atoms with E-state index >= 15 is 0 Å². The van der Waals surface area contributed by atoms with E-state index in [2.05, 4.69) is 0 Å². The van der Waals surface area contributed by atoms with Gasteiger partial charge in [-0.3, -0.25) is 4.79 Å². The van der Waals surface area contributed by atoms with Crippen molar-refractivity contribution < 1.29 is 47.8 Å². The van der Waals surface area contributed by atoms with Gasteiger partial charge in [0.05, 0.1) is 45.7 Å². The number of carbonyl (C=O) groups excluding carboxylic acids is 1. The van der Waals surface area contributed by atoms with Gasteiger partial charge in [0.25, 0.3) is 0 Å². The van der Waals surface area contributed by atoms with Crippen molar-refractivity contribution in [2.24, 2.45) is 0 Å². The predicted octanol–water partition coefficient (Wildman–Crippen LogP) is 9.81. The molecule has 0 bridgehead atoms. The van der Waals surface area contributed by atoms with Crippen molar-refractivity contribution in [3.8, 4) is 23.0 Å². The maximum atomic E-state index is 12.5. The minimum Gasteiger partial charge on any atom is -0.507 e. The lowest BCUT2D eigenvalue weighted by Crippen LogP contribution is -2.58. The Morgan fingerprint density at radius 3 is 1.71 bits per heavy atom. The molecule has 62 heavy (non-hydrogen) atoms. The molecule has 10 heteroatoms. The number of esters is 1. The lowest BCUT2D eigenvalue weighted by atomic mass is 9.87. The van der Waals surface area contributed by atoms with Crippen LogP contribution in [-0.4, -0.2) is 49.2 Å². The van der Waals surface area contributed by atoms with E-state index < -0.39 is 30.5 Å². The molecule has 0 spiro atoms. The Balaban J connectivity index is 1.17. The van der Waals surface area contributed by atoms with Crippen LogP contribution in [-0.2, 0) is 61.3 Å². The number of phenolic OH excluding ortho intramolecular Hbond substituents is 1. The Bertz CT molecular complexity index is 2320. The van der Waals surface area contributed by atoms with Crippen molar-refractivity contribution in [2.75, 3.05) is 13.7 Å². The summed E-state index contributed by atoms with van der Waals surface area (Å²) in [6.45, 7) is 2.71. The summed E-state index contributed by atoms with van der Waals surface area (Å²) < 4.78 is 52.3. The molecule has 0 saturated carbocycles. The summed E-state index contributed by atoms with van der Waals surface area (Å²) in [7, 11) is 1.57. The lowest BCUT2D eigenvalue weighted by Gasteiger charge is -2.47. The molecule has 6 aromatic carbocycles. The largest absolute Gasteiger partial charge is 0.507 e. The van der Waals surface area contributed by atoms with E-state index in [-0.39, 0.29) is 37.6 Å². The molecule has 0 amide bonds. The Morgan fingerprint density at radius 2 is 1.18 bits per heavy atom. The number of hydrogen-bond donors (Lipinski definition) is 1. The first-order valence-corrected chi connectivity index (χ1v) is 21.0. The number of hydrogen-bond acceptors (Lipinski definition) is 10. The van der Waals surface area contributed by atoms with Crippen LogP contribution in [0.3, 0.4) is 0 Å². The smallest absolute Gasteiger partial charge is 0.308 e. The molecule has 2 heterocycles. The molecule has 0 aromatic heterocycles. The van der Waals surface area contributed by atoms with Crippen LogP contribution < -0.4 is 14.2 Å². The predicted molar refractivity (Wildman–Crippen MR) is 233 cm³/mol. The highest BCUT2D eigenvalue weighted by atomic mass is 16.6. The highest BCUT2D eigenvalue weighted by Gasteiger charge is 2.51. The summed E-state index contributed by atoms with van der Waals surface area (Å²) in [5.41, 5.74) is 5.95. The number of carbonyl (C=O) groups is 1. The number of benzene rings is 6. The van der Waals surface area contributed by atoms with Gasteiger partial charge in [-0.25, -0.2) is 0 Å². The second-order valence-electron chi connectivity index (χ2n) is 15.5. The fourth-order valence-corrected chi connectivity index (χ4v) is 8.13. The zero-order valence-electron chi connectivity index (χ0n) is 35.0. The number of fused-ring (bicyclic) bond motifs is 1.